The first-order valence-electron chi connectivity index (χ1n) is 8.96. The maximum absolute atomic E-state index is 12.6. The molecule has 2 aromatic rings. The van der Waals surface area contributed by atoms with E-state index in [0.29, 0.717) is 18.0 Å². The molecule has 7 nitrogen and oxygen atoms in total. The van der Waals surface area contributed by atoms with Crippen LogP contribution in [0.2, 0.25) is 0 Å². The zero-order chi connectivity index (χ0) is 18.5. The van der Waals surface area contributed by atoms with E-state index >= 15 is 0 Å². The molecule has 1 aromatic carbocycles. The summed E-state index contributed by atoms with van der Waals surface area (Å²) >= 11 is 0. The van der Waals surface area contributed by atoms with Gasteiger partial charge in [-0.2, -0.15) is 5.10 Å². The number of hydrogen-bond acceptors (Lipinski definition) is 4. The van der Waals surface area contributed by atoms with Gasteiger partial charge in [0.15, 0.2) is 0 Å². The zero-order valence-electron chi connectivity index (χ0n) is 14.9. The smallest absolute Gasteiger partial charge is 0.335 e. The van der Waals surface area contributed by atoms with Gasteiger partial charge in [0.05, 0.1) is 18.0 Å². The number of benzene rings is 1. The van der Waals surface area contributed by atoms with Gasteiger partial charge in [0.1, 0.15) is 12.7 Å². The van der Waals surface area contributed by atoms with Gasteiger partial charge in [-0.05, 0) is 42.9 Å². The first-order chi connectivity index (χ1) is 12.5. The van der Waals surface area contributed by atoms with Gasteiger partial charge in [-0.1, -0.05) is 19.1 Å². The van der Waals surface area contributed by atoms with Crippen molar-refractivity contribution >= 4 is 11.9 Å². The number of rotatable bonds is 6. The van der Waals surface area contributed by atoms with Crippen LogP contribution in [0.4, 0.5) is 0 Å². The highest BCUT2D eigenvalue weighted by Crippen LogP contribution is 2.23. The maximum Gasteiger partial charge on any atom is 0.335 e. The van der Waals surface area contributed by atoms with E-state index in [1.165, 1.54) is 6.33 Å². The molecular formula is C19H24N4O3. The fourth-order valence-electron chi connectivity index (χ4n) is 3.52. The lowest BCUT2D eigenvalue weighted by molar-refractivity contribution is -0.136. The summed E-state index contributed by atoms with van der Waals surface area (Å²) < 4.78 is 1.69. The molecule has 0 bridgehead atoms. The topological polar surface area (TPSA) is 88.3 Å². The second kappa shape index (κ2) is 8.12. The molecule has 1 N–H and O–H groups in total. The van der Waals surface area contributed by atoms with E-state index < -0.39 is 5.97 Å². The monoisotopic (exact) mass is 356 g/mol. The quantitative estimate of drug-likeness (QED) is 0.856. The Labute approximate surface area is 152 Å². The Morgan fingerprint density at radius 3 is 2.73 bits per heavy atom. The summed E-state index contributed by atoms with van der Waals surface area (Å²) in [4.78, 5) is 29.5. The fourth-order valence-corrected chi connectivity index (χ4v) is 3.52. The van der Waals surface area contributed by atoms with Gasteiger partial charge in [0.25, 0.3) is 0 Å². The fraction of sp³-hybridized carbons (Fsp3) is 0.474. The van der Waals surface area contributed by atoms with Crippen molar-refractivity contribution in [1.82, 2.24) is 19.7 Å². The number of likely N-dealkylation sites (tertiary alicyclic amines) is 1. The minimum atomic E-state index is -0.895. The number of nitrogens with zero attached hydrogens (tertiary/aromatic N) is 4. The first-order valence-corrected chi connectivity index (χ1v) is 8.96. The van der Waals surface area contributed by atoms with E-state index in [-0.39, 0.29) is 11.8 Å². The molecule has 0 aliphatic carbocycles. The molecule has 7 heteroatoms. The Morgan fingerprint density at radius 1 is 1.31 bits per heavy atom. The highest BCUT2D eigenvalue weighted by atomic mass is 16.4. The molecule has 0 saturated carbocycles. The lowest BCUT2D eigenvalue weighted by atomic mass is 9.89. The van der Waals surface area contributed by atoms with Crippen molar-refractivity contribution in [2.45, 2.75) is 32.7 Å². The molecule has 3 rings (SSSR count). The van der Waals surface area contributed by atoms with Crippen LogP contribution in [0.5, 0.6) is 0 Å². The number of carboxylic acids is 1. The molecule has 1 aliphatic rings. The van der Waals surface area contributed by atoms with Crippen LogP contribution in [0.3, 0.4) is 0 Å². The normalized spacial score (nSPS) is 16.4. The van der Waals surface area contributed by atoms with Gasteiger partial charge >= 0.3 is 5.97 Å². The van der Waals surface area contributed by atoms with E-state index in [0.717, 1.165) is 37.9 Å². The van der Waals surface area contributed by atoms with Crippen LogP contribution in [0, 0.1) is 11.8 Å². The number of aromatic carboxylic acids is 1. The van der Waals surface area contributed by atoms with E-state index in [9.17, 15) is 9.59 Å². The van der Waals surface area contributed by atoms with Crippen LogP contribution >= 0.6 is 0 Å². The van der Waals surface area contributed by atoms with Crippen LogP contribution < -0.4 is 0 Å². The van der Waals surface area contributed by atoms with Crippen LogP contribution in [0.1, 0.15) is 35.7 Å². The summed E-state index contributed by atoms with van der Waals surface area (Å²) in [6.07, 6.45) is 5.85. The second-order valence-corrected chi connectivity index (χ2v) is 7.00. The molecule has 0 radical (unpaired) electrons. The van der Waals surface area contributed by atoms with Gasteiger partial charge < -0.3 is 10.0 Å². The molecule has 0 spiro atoms. The average molecular weight is 356 g/mol. The van der Waals surface area contributed by atoms with Crippen LogP contribution in [0.15, 0.2) is 36.9 Å². The van der Waals surface area contributed by atoms with Gasteiger partial charge in [0.2, 0.25) is 5.91 Å². The van der Waals surface area contributed by atoms with Gasteiger partial charge in [-0.25, -0.2) is 9.78 Å². The Hall–Kier alpha value is -2.70. The third kappa shape index (κ3) is 4.47. The van der Waals surface area contributed by atoms with Crippen molar-refractivity contribution in [1.29, 1.82) is 0 Å². The minimum absolute atomic E-state index is 0.125. The van der Waals surface area contributed by atoms with Crippen molar-refractivity contribution < 1.29 is 14.7 Å². The SMILES string of the molecule is C[C@H](Cn1cncn1)C(=O)N1CCC(Cc2cccc(C(=O)O)c2)CC1. The first kappa shape index (κ1) is 18.1. The minimum Gasteiger partial charge on any atom is -0.478 e. The molecule has 1 aliphatic heterocycles. The predicted molar refractivity (Wildman–Crippen MR) is 95.6 cm³/mol. The molecule has 1 fully saturated rings. The molecule has 1 amide bonds. The number of piperidine rings is 1. The van der Waals surface area contributed by atoms with Crippen LogP contribution in [-0.4, -0.2) is 49.7 Å². The predicted octanol–water partition coefficient (Wildman–Crippen LogP) is 2.09. The van der Waals surface area contributed by atoms with Crippen molar-refractivity contribution in [3.8, 4) is 0 Å². The molecule has 1 aromatic heterocycles. The lowest BCUT2D eigenvalue weighted by Crippen LogP contribution is -2.42. The van der Waals surface area contributed by atoms with Crippen molar-refractivity contribution in [3.63, 3.8) is 0 Å². The Kier molecular flexibility index (Phi) is 5.65. The van der Waals surface area contributed by atoms with E-state index in [2.05, 4.69) is 10.1 Å². The molecular weight excluding hydrogens is 332 g/mol. The highest BCUT2D eigenvalue weighted by molar-refractivity contribution is 5.87. The van der Waals surface area contributed by atoms with E-state index in [4.69, 9.17) is 5.11 Å². The Balaban J connectivity index is 1.50. The summed E-state index contributed by atoms with van der Waals surface area (Å²) in [5, 5.41) is 13.2. The average Bonchev–Trinajstić information content (AvgIpc) is 3.15. The zero-order valence-corrected chi connectivity index (χ0v) is 14.9. The standard InChI is InChI=1S/C19H24N4O3/c1-14(11-23-13-20-12-21-23)18(24)22-7-5-15(6-8-22)9-16-3-2-4-17(10-16)19(25)26/h2-4,10,12-15H,5-9,11H2,1H3,(H,25,26)/t14-/m1/s1. The molecule has 138 valence electrons. The second-order valence-electron chi connectivity index (χ2n) is 7.00. The van der Waals surface area contributed by atoms with Crippen molar-refractivity contribution in [2.24, 2.45) is 11.8 Å². The Morgan fingerprint density at radius 2 is 2.08 bits per heavy atom. The third-order valence-electron chi connectivity index (χ3n) is 4.97. The maximum atomic E-state index is 12.6. The van der Waals surface area contributed by atoms with Gasteiger partial charge in [0, 0.05) is 13.1 Å². The highest BCUT2D eigenvalue weighted by Gasteiger charge is 2.26. The third-order valence-corrected chi connectivity index (χ3v) is 4.97. The van der Waals surface area contributed by atoms with Crippen molar-refractivity contribution in [2.75, 3.05) is 13.1 Å². The van der Waals surface area contributed by atoms with Crippen LogP contribution in [0.25, 0.3) is 0 Å². The summed E-state index contributed by atoms with van der Waals surface area (Å²) in [5.74, 6) is -0.380. The van der Waals surface area contributed by atoms with Gasteiger partial charge in [-0.3, -0.25) is 9.48 Å². The number of amides is 1. The molecule has 2 heterocycles. The van der Waals surface area contributed by atoms with Crippen LogP contribution in [-0.2, 0) is 17.8 Å². The summed E-state index contributed by atoms with van der Waals surface area (Å²) in [7, 11) is 0. The largest absolute Gasteiger partial charge is 0.478 e. The van der Waals surface area contributed by atoms with Crippen molar-refractivity contribution in [3.05, 3.63) is 48.0 Å². The summed E-state index contributed by atoms with van der Waals surface area (Å²) in [5.41, 5.74) is 1.38. The summed E-state index contributed by atoms with van der Waals surface area (Å²) in [6.45, 7) is 3.97. The number of hydrogen-bond donors (Lipinski definition) is 1. The number of aromatic nitrogens is 3. The molecule has 1 saturated heterocycles. The number of carbonyl (C=O) groups excluding carboxylic acids is 1. The van der Waals surface area contributed by atoms with Gasteiger partial charge in [-0.15, -0.1) is 0 Å². The molecule has 26 heavy (non-hydrogen) atoms. The lowest BCUT2D eigenvalue weighted by Gasteiger charge is -2.33. The molecule has 0 unspecified atom stereocenters. The molecule has 1 atom stereocenters. The van der Waals surface area contributed by atoms with E-state index in [1.807, 2.05) is 17.9 Å². The number of carboxylic acid groups (broad SMARTS) is 1. The van der Waals surface area contributed by atoms with E-state index in [1.54, 1.807) is 29.2 Å². The summed E-state index contributed by atoms with van der Waals surface area (Å²) in [6, 6.07) is 7.14. The number of carbonyl (C=O) groups is 2. The Bertz CT molecular complexity index is 752.